The molecule has 0 aliphatic rings. The van der Waals surface area contributed by atoms with Gasteiger partial charge in [0.15, 0.2) is 0 Å². The van der Waals surface area contributed by atoms with E-state index in [0.29, 0.717) is 23.3 Å². The standard InChI is InChI=1S/C21H18F3N3O2/c1-2-27(13-18-25-17-9-4-3-8-16(17)20(29)26-18)19(28)11-10-14-6-5-7-15(12-14)21(22,23)24/h3-12H,2,13H2,1H3,(H,25,26,29). The number of alkyl halides is 3. The molecule has 0 atom stereocenters. The summed E-state index contributed by atoms with van der Waals surface area (Å²) < 4.78 is 38.4. The molecule has 29 heavy (non-hydrogen) atoms. The number of rotatable bonds is 5. The van der Waals surface area contributed by atoms with Crippen LogP contribution in [0.3, 0.4) is 0 Å². The number of fused-ring (bicyclic) bond motifs is 1. The monoisotopic (exact) mass is 401 g/mol. The third kappa shape index (κ3) is 4.90. The zero-order chi connectivity index (χ0) is 21.0. The number of aromatic amines is 1. The van der Waals surface area contributed by atoms with Crippen molar-refractivity contribution in [3.8, 4) is 0 Å². The number of H-pyrrole nitrogens is 1. The van der Waals surface area contributed by atoms with Crippen LogP contribution in [0, 0.1) is 0 Å². The lowest BCUT2D eigenvalue weighted by molar-refractivity contribution is -0.137. The minimum absolute atomic E-state index is 0.0718. The lowest BCUT2D eigenvalue weighted by Crippen LogP contribution is -2.30. The Morgan fingerprint density at radius 1 is 1.17 bits per heavy atom. The largest absolute Gasteiger partial charge is 0.416 e. The summed E-state index contributed by atoms with van der Waals surface area (Å²) in [4.78, 5) is 33.1. The van der Waals surface area contributed by atoms with Crippen molar-refractivity contribution in [1.29, 1.82) is 0 Å². The van der Waals surface area contributed by atoms with E-state index in [9.17, 15) is 22.8 Å². The van der Waals surface area contributed by atoms with Gasteiger partial charge < -0.3 is 9.88 Å². The maximum atomic E-state index is 12.8. The summed E-state index contributed by atoms with van der Waals surface area (Å²) >= 11 is 0. The van der Waals surface area contributed by atoms with Crippen LogP contribution in [0.2, 0.25) is 0 Å². The Morgan fingerprint density at radius 3 is 2.66 bits per heavy atom. The Kier molecular flexibility index (Phi) is 5.81. The molecular weight excluding hydrogens is 383 g/mol. The molecule has 1 N–H and O–H groups in total. The molecule has 5 nitrogen and oxygen atoms in total. The number of benzene rings is 2. The first-order valence-electron chi connectivity index (χ1n) is 8.90. The number of halogens is 3. The third-order valence-electron chi connectivity index (χ3n) is 4.33. The van der Waals surface area contributed by atoms with Gasteiger partial charge in [0.2, 0.25) is 5.91 Å². The van der Waals surface area contributed by atoms with Crippen LogP contribution in [0.15, 0.2) is 59.4 Å². The van der Waals surface area contributed by atoms with Gasteiger partial charge in [-0.2, -0.15) is 13.2 Å². The molecule has 2 aromatic carbocycles. The molecular formula is C21H18F3N3O2. The van der Waals surface area contributed by atoms with E-state index < -0.39 is 17.6 Å². The molecule has 1 heterocycles. The van der Waals surface area contributed by atoms with E-state index in [4.69, 9.17) is 0 Å². The second-order valence-corrected chi connectivity index (χ2v) is 6.34. The van der Waals surface area contributed by atoms with Gasteiger partial charge in [0.1, 0.15) is 5.82 Å². The van der Waals surface area contributed by atoms with Crippen molar-refractivity contribution >= 4 is 22.9 Å². The number of hydrogen-bond acceptors (Lipinski definition) is 3. The predicted molar refractivity (Wildman–Crippen MR) is 104 cm³/mol. The molecule has 0 unspecified atom stereocenters. The lowest BCUT2D eigenvalue weighted by atomic mass is 10.1. The Morgan fingerprint density at radius 2 is 1.93 bits per heavy atom. The first kappa shape index (κ1) is 20.3. The molecule has 0 fully saturated rings. The van der Waals surface area contributed by atoms with E-state index in [0.717, 1.165) is 12.1 Å². The summed E-state index contributed by atoms with van der Waals surface area (Å²) in [7, 11) is 0. The maximum Gasteiger partial charge on any atom is 0.416 e. The van der Waals surface area contributed by atoms with Gasteiger partial charge in [0.25, 0.3) is 5.56 Å². The van der Waals surface area contributed by atoms with E-state index in [1.54, 1.807) is 31.2 Å². The summed E-state index contributed by atoms with van der Waals surface area (Å²) in [6, 6.07) is 11.6. The Bertz CT molecular complexity index is 1120. The lowest BCUT2D eigenvalue weighted by Gasteiger charge is -2.18. The number of likely N-dealkylation sites (N-methyl/N-ethyl adjacent to an activating group) is 1. The van der Waals surface area contributed by atoms with Gasteiger partial charge in [-0.15, -0.1) is 0 Å². The van der Waals surface area contributed by atoms with Crippen molar-refractivity contribution in [3.63, 3.8) is 0 Å². The van der Waals surface area contributed by atoms with Crippen molar-refractivity contribution in [2.45, 2.75) is 19.6 Å². The molecule has 0 aliphatic heterocycles. The molecule has 0 spiro atoms. The second-order valence-electron chi connectivity index (χ2n) is 6.34. The number of nitrogens with one attached hydrogen (secondary N) is 1. The number of carbonyl (C=O) groups is 1. The molecule has 0 radical (unpaired) electrons. The predicted octanol–water partition coefficient (Wildman–Crippen LogP) is 4.00. The SMILES string of the molecule is CCN(Cc1nc2ccccc2c(=O)[nH]1)C(=O)C=Cc1cccc(C(F)(F)F)c1. The van der Waals surface area contributed by atoms with Crippen molar-refractivity contribution in [2.24, 2.45) is 0 Å². The smallest absolute Gasteiger partial charge is 0.332 e. The molecule has 0 bridgehead atoms. The molecule has 0 aliphatic carbocycles. The molecule has 3 aromatic rings. The van der Waals surface area contributed by atoms with Gasteiger partial charge in [-0.05, 0) is 42.8 Å². The molecule has 1 aromatic heterocycles. The molecule has 150 valence electrons. The van der Waals surface area contributed by atoms with Gasteiger partial charge in [0.05, 0.1) is 23.0 Å². The number of aromatic nitrogens is 2. The molecule has 0 saturated heterocycles. The van der Waals surface area contributed by atoms with Gasteiger partial charge in [-0.3, -0.25) is 9.59 Å². The van der Waals surface area contributed by atoms with E-state index in [-0.39, 0.29) is 17.7 Å². The first-order valence-corrected chi connectivity index (χ1v) is 8.90. The Labute approximate surface area is 164 Å². The highest BCUT2D eigenvalue weighted by Gasteiger charge is 2.30. The summed E-state index contributed by atoms with van der Waals surface area (Å²) in [5.41, 5.74) is -0.290. The summed E-state index contributed by atoms with van der Waals surface area (Å²) in [6.07, 6.45) is -1.91. The summed E-state index contributed by atoms with van der Waals surface area (Å²) in [5.74, 6) is -0.0721. The van der Waals surface area contributed by atoms with Crippen LogP contribution in [-0.2, 0) is 17.5 Å². The van der Waals surface area contributed by atoms with E-state index in [1.807, 2.05) is 0 Å². The van der Waals surface area contributed by atoms with E-state index in [1.165, 1.54) is 29.2 Å². The van der Waals surface area contributed by atoms with Gasteiger partial charge in [0, 0.05) is 12.6 Å². The first-order chi connectivity index (χ1) is 13.8. The highest BCUT2D eigenvalue weighted by molar-refractivity contribution is 5.91. The van der Waals surface area contributed by atoms with E-state index >= 15 is 0 Å². The van der Waals surface area contributed by atoms with Crippen LogP contribution < -0.4 is 5.56 Å². The number of para-hydroxylation sites is 1. The average Bonchev–Trinajstić information content (AvgIpc) is 2.70. The molecule has 3 rings (SSSR count). The fourth-order valence-electron chi connectivity index (χ4n) is 2.83. The van der Waals surface area contributed by atoms with Crippen molar-refractivity contribution in [3.05, 3.63) is 81.9 Å². The number of carbonyl (C=O) groups excluding carboxylic acids is 1. The third-order valence-corrected chi connectivity index (χ3v) is 4.33. The number of nitrogens with zero attached hydrogens (tertiary/aromatic N) is 2. The zero-order valence-electron chi connectivity index (χ0n) is 15.5. The van der Waals surface area contributed by atoms with Crippen LogP contribution in [0.1, 0.15) is 23.9 Å². The van der Waals surface area contributed by atoms with Crippen LogP contribution in [-0.4, -0.2) is 27.3 Å². The molecule has 8 heteroatoms. The summed E-state index contributed by atoms with van der Waals surface area (Å²) in [5, 5.41) is 0.454. The minimum atomic E-state index is -4.45. The maximum absolute atomic E-state index is 12.8. The number of hydrogen-bond donors (Lipinski definition) is 1. The molecule has 1 amide bonds. The fraction of sp³-hybridized carbons (Fsp3) is 0.190. The number of amides is 1. The fourth-order valence-corrected chi connectivity index (χ4v) is 2.83. The van der Waals surface area contributed by atoms with Gasteiger partial charge in [-0.25, -0.2) is 4.98 Å². The molecule has 0 saturated carbocycles. The Hall–Kier alpha value is -3.42. The van der Waals surface area contributed by atoms with Gasteiger partial charge in [-0.1, -0.05) is 24.3 Å². The van der Waals surface area contributed by atoms with Crippen LogP contribution >= 0.6 is 0 Å². The van der Waals surface area contributed by atoms with Crippen LogP contribution in [0.5, 0.6) is 0 Å². The average molecular weight is 401 g/mol. The quantitative estimate of drug-likeness (QED) is 0.657. The zero-order valence-corrected chi connectivity index (χ0v) is 15.5. The highest BCUT2D eigenvalue weighted by atomic mass is 19.4. The minimum Gasteiger partial charge on any atom is -0.332 e. The van der Waals surface area contributed by atoms with Crippen molar-refractivity contribution in [2.75, 3.05) is 6.54 Å². The normalized spacial score (nSPS) is 11.9. The van der Waals surface area contributed by atoms with E-state index in [2.05, 4.69) is 9.97 Å². The highest BCUT2D eigenvalue weighted by Crippen LogP contribution is 2.29. The Balaban J connectivity index is 1.78. The van der Waals surface area contributed by atoms with Crippen molar-refractivity contribution in [1.82, 2.24) is 14.9 Å². The van der Waals surface area contributed by atoms with Gasteiger partial charge >= 0.3 is 6.18 Å². The topological polar surface area (TPSA) is 66.1 Å². The second kappa shape index (κ2) is 8.30. The van der Waals surface area contributed by atoms with Crippen LogP contribution in [0.25, 0.3) is 17.0 Å². The van der Waals surface area contributed by atoms with Crippen molar-refractivity contribution < 1.29 is 18.0 Å². The summed E-state index contributed by atoms with van der Waals surface area (Å²) in [6.45, 7) is 2.17. The van der Waals surface area contributed by atoms with Crippen LogP contribution in [0.4, 0.5) is 13.2 Å².